The molecule has 0 aromatic rings. The van der Waals surface area contributed by atoms with E-state index in [0.29, 0.717) is 32.2 Å². The molecule has 0 heterocycles. The van der Waals surface area contributed by atoms with Crippen molar-refractivity contribution in [3.05, 3.63) is 72.9 Å². The Hall–Kier alpha value is -3.19. The SMILES string of the molecule is CC/C=C\C/C=C\C/C=C\C/C=C\C/C=C\C/C=C\CCCCC(=O)OC(CCCCCCCCCCC)CCCCCCCC(=O)NC(CCCN)C(=O)O. The standard InChI is InChI=1S/C49H84N2O5/c1-3-5-7-9-11-13-14-15-16-17-18-19-20-21-22-23-24-26-28-33-37-43-48(53)56-45(39-34-30-27-25-12-10-8-6-4-2)40-35-31-29-32-36-42-47(52)51-46(49(54)55)41-38-44-50/h5,7,11,13,15-16,18-19,21-22,24,26,45-46H,3-4,6,8-10,12,14,17,20,23,25,27-44,50H2,1-2H3,(H,51,52)(H,54,55)/b7-5-,13-11-,16-15-,19-18-,22-21-,26-24-. The summed E-state index contributed by atoms with van der Waals surface area (Å²) in [5.74, 6) is -1.28. The van der Waals surface area contributed by atoms with E-state index in [1.54, 1.807) is 0 Å². The van der Waals surface area contributed by atoms with E-state index in [9.17, 15) is 19.5 Å². The molecule has 0 spiro atoms. The lowest BCUT2D eigenvalue weighted by molar-refractivity contribution is -0.150. The number of allylic oxidation sites excluding steroid dienone is 12. The van der Waals surface area contributed by atoms with Gasteiger partial charge >= 0.3 is 11.9 Å². The zero-order valence-electron chi connectivity index (χ0n) is 36.0. The first-order valence-corrected chi connectivity index (χ1v) is 22.8. The van der Waals surface area contributed by atoms with Crippen LogP contribution in [-0.2, 0) is 19.1 Å². The maximum atomic E-state index is 12.8. The van der Waals surface area contributed by atoms with E-state index in [0.717, 1.165) is 109 Å². The molecule has 0 aliphatic carbocycles. The molecule has 0 aromatic heterocycles. The van der Waals surface area contributed by atoms with E-state index in [2.05, 4.69) is 92.1 Å². The molecule has 0 radical (unpaired) electrons. The molecule has 2 atom stereocenters. The monoisotopic (exact) mass is 781 g/mol. The maximum absolute atomic E-state index is 12.8. The number of hydrogen-bond acceptors (Lipinski definition) is 5. The van der Waals surface area contributed by atoms with Gasteiger partial charge in [-0.05, 0) is 109 Å². The predicted octanol–water partition coefficient (Wildman–Crippen LogP) is 13.1. The highest BCUT2D eigenvalue weighted by Gasteiger charge is 2.19. The molecule has 2 unspecified atom stereocenters. The smallest absolute Gasteiger partial charge is 0.326 e. The number of ether oxygens (including phenoxy) is 1. The van der Waals surface area contributed by atoms with Crippen LogP contribution in [0.2, 0.25) is 0 Å². The number of carbonyl (C=O) groups is 3. The molecule has 7 nitrogen and oxygen atoms in total. The van der Waals surface area contributed by atoms with Gasteiger partial charge in [0.15, 0.2) is 0 Å². The summed E-state index contributed by atoms with van der Waals surface area (Å²) in [6, 6.07) is -0.862. The number of carboxylic acid groups (broad SMARTS) is 1. The van der Waals surface area contributed by atoms with Crippen LogP contribution in [0.5, 0.6) is 0 Å². The van der Waals surface area contributed by atoms with Gasteiger partial charge in [-0.3, -0.25) is 9.59 Å². The lowest BCUT2D eigenvalue weighted by atomic mass is 10.0. The number of nitrogens with two attached hydrogens (primary N) is 1. The molecule has 56 heavy (non-hydrogen) atoms. The van der Waals surface area contributed by atoms with Gasteiger partial charge in [0, 0.05) is 12.8 Å². The number of amides is 1. The first kappa shape index (κ1) is 52.8. The van der Waals surface area contributed by atoms with Crippen LogP contribution in [0.4, 0.5) is 0 Å². The minimum Gasteiger partial charge on any atom is -0.480 e. The predicted molar refractivity (Wildman–Crippen MR) is 239 cm³/mol. The van der Waals surface area contributed by atoms with Crippen molar-refractivity contribution in [2.75, 3.05) is 6.54 Å². The zero-order valence-corrected chi connectivity index (χ0v) is 36.0. The fourth-order valence-corrected chi connectivity index (χ4v) is 6.39. The summed E-state index contributed by atoms with van der Waals surface area (Å²) >= 11 is 0. The van der Waals surface area contributed by atoms with E-state index < -0.39 is 12.0 Å². The van der Waals surface area contributed by atoms with Gasteiger partial charge in [0.1, 0.15) is 12.1 Å². The summed E-state index contributed by atoms with van der Waals surface area (Å²) in [5, 5.41) is 11.9. The van der Waals surface area contributed by atoms with Crippen molar-refractivity contribution in [3.8, 4) is 0 Å². The fourth-order valence-electron chi connectivity index (χ4n) is 6.39. The second kappa shape index (κ2) is 42.9. The molecule has 0 saturated heterocycles. The van der Waals surface area contributed by atoms with E-state index in [1.165, 1.54) is 51.4 Å². The number of esters is 1. The van der Waals surface area contributed by atoms with Crippen molar-refractivity contribution >= 4 is 17.8 Å². The summed E-state index contributed by atoms with van der Waals surface area (Å²) in [7, 11) is 0. The minimum atomic E-state index is -1.01. The van der Waals surface area contributed by atoms with Crippen LogP contribution < -0.4 is 11.1 Å². The maximum Gasteiger partial charge on any atom is 0.326 e. The summed E-state index contributed by atoms with van der Waals surface area (Å²) in [6.07, 6.45) is 55.2. The van der Waals surface area contributed by atoms with Crippen molar-refractivity contribution in [3.63, 3.8) is 0 Å². The normalized spacial score (nSPS) is 13.3. The quantitative estimate of drug-likeness (QED) is 0.0324. The Labute approximate surface area is 343 Å². The van der Waals surface area contributed by atoms with Gasteiger partial charge in [-0.25, -0.2) is 4.79 Å². The lowest BCUT2D eigenvalue weighted by Crippen LogP contribution is -2.40. The first-order valence-electron chi connectivity index (χ1n) is 22.8. The molecule has 320 valence electrons. The molecule has 1 amide bonds. The molecule has 0 fully saturated rings. The third-order valence-electron chi connectivity index (χ3n) is 9.79. The Morgan fingerprint density at radius 3 is 1.46 bits per heavy atom. The van der Waals surface area contributed by atoms with Gasteiger partial charge < -0.3 is 20.9 Å². The molecule has 0 saturated carbocycles. The molecule has 4 N–H and O–H groups in total. The minimum absolute atomic E-state index is 0.0114. The molecular formula is C49H84N2O5. The van der Waals surface area contributed by atoms with Crippen molar-refractivity contribution < 1.29 is 24.2 Å². The molecule has 0 aliphatic rings. The van der Waals surface area contributed by atoms with Crippen LogP contribution >= 0.6 is 0 Å². The Morgan fingerprint density at radius 2 is 0.982 bits per heavy atom. The van der Waals surface area contributed by atoms with Crippen molar-refractivity contribution in [1.29, 1.82) is 0 Å². The third kappa shape index (κ3) is 39.1. The highest BCUT2D eigenvalue weighted by atomic mass is 16.5. The molecule has 0 aliphatic heterocycles. The first-order chi connectivity index (χ1) is 27.4. The largest absolute Gasteiger partial charge is 0.480 e. The van der Waals surface area contributed by atoms with Gasteiger partial charge in [0.2, 0.25) is 5.91 Å². The molecule has 0 rings (SSSR count). The van der Waals surface area contributed by atoms with Crippen molar-refractivity contribution in [2.24, 2.45) is 5.73 Å². The topological polar surface area (TPSA) is 119 Å². The molecule has 7 heteroatoms. The van der Waals surface area contributed by atoms with Gasteiger partial charge in [-0.1, -0.05) is 157 Å². The average molecular weight is 781 g/mol. The number of hydrogen-bond donors (Lipinski definition) is 3. The van der Waals surface area contributed by atoms with Crippen LogP contribution in [0.3, 0.4) is 0 Å². The Kier molecular flexibility index (Phi) is 40.5. The van der Waals surface area contributed by atoms with E-state index >= 15 is 0 Å². The second-order valence-electron chi connectivity index (χ2n) is 15.1. The molecular weight excluding hydrogens is 697 g/mol. The second-order valence-corrected chi connectivity index (χ2v) is 15.1. The number of rotatable bonds is 40. The van der Waals surface area contributed by atoms with Crippen molar-refractivity contribution in [2.45, 2.75) is 212 Å². The Morgan fingerprint density at radius 1 is 0.536 bits per heavy atom. The highest BCUT2D eigenvalue weighted by Crippen LogP contribution is 2.19. The van der Waals surface area contributed by atoms with Gasteiger partial charge in [0.05, 0.1) is 0 Å². The number of carboxylic acids is 1. The fraction of sp³-hybridized carbons (Fsp3) is 0.694. The summed E-state index contributed by atoms with van der Waals surface area (Å²) in [4.78, 5) is 36.4. The van der Waals surface area contributed by atoms with Crippen LogP contribution in [0.1, 0.15) is 200 Å². The highest BCUT2D eigenvalue weighted by molar-refractivity contribution is 5.83. The summed E-state index contributed by atoms with van der Waals surface area (Å²) in [6.45, 7) is 4.82. The van der Waals surface area contributed by atoms with E-state index in [-0.39, 0.29) is 18.0 Å². The summed E-state index contributed by atoms with van der Waals surface area (Å²) < 4.78 is 6.02. The van der Waals surface area contributed by atoms with Crippen LogP contribution in [-0.4, -0.2) is 41.6 Å². The van der Waals surface area contributed by atoms with Crippen molar-refractivity contribution in [1.82, 2.24) is 5.32 Å². The van der Waals surface area contributed by atoms with Crippen LogP contribution in [0, 0.1) is 0 Å². The summed E-state index contributed by atoms with van der Waals surface area (Å²) in [5.41, 5.74) is 5.48. The van der Waals surface area contributed by atoms with Gasteiger partial charge in [0.25, 0.3) is 0 Å². The van der Waals surface area contributed by atoms with Crippen LogP contribution in [0.15, 0.2) is 72.9 Å². The molecule has 0 aromatic carbocycles. The van der Waals surface area contributed by atoms with Gasteiger partial charge in [-0.15, -0.1) is 0 Å². The number of unbranched alkanes of at least 4 members (excludes halogenated alkanes) is 14. The molecule has 0 bridgehead atoms. The number of carbonyl (C=O) groups excluding carboxylic acids is 2. The lowest BCUT2D eigenvalue weighted by Gasteiger charge is -2.18. The number of nitrogens with one attached hydrogen (secondary N) is 1. The van der Waals surface area contributed by atoms with E-state index in [1.807, 2.05) is 0 Å². The van der Waals surface area contributed by atoms with Crippen LogP contribution in [0.25, 0.3) is 0 Å². The average Bonchev–Trinajstić information content (AvgIpc) is 3.18. The third-order valence-corrected chi connectivity index (χ3v) is 9.79. The number of aliphatic carboxylic acids is 1. The Bertz CT molecular complexity index is 1110. The van der Waals surface area contributed by atoms with E-state index in [4.69, 9.17) is 10.5 Å². The Balaban J connectivity index is 4.32. The van der Waals surface area contributed by atoms with Gasteiger partial charge in [-0.2, -0.15) is 0 Å². The zero-order chi connectivity index (χ0) is 41.0.